The molecule has 1 aliphatic rings. The predicted octanol–water partition coefficient (Wildman–Crippen LogP) is 12.9. The second-order valence-electron chi connectivity index (χ2n) is 12.1. The van der Waals surface area contributed by atoms with Crippen molar-refractivity contribution in [3.8, 4) is 33.4 Å². The first kappa shape index (κ1) is 27.2. The summed E-state index contributed by atoms with van der Waals surface area (Å²) in [5.74, 6) is 0. The Morgan fingerprint density at radius 2 is 0.766 bits per heavy atom. The van der Waals surface area contributed by atoms with E-state index in [2.05, 4.69) is 193 Å². The van der Waals surface area contributed by atoms with Gasteiger partial charge in [0.25, 0.3) is 0 Å². The summed E-state index contributed by atoms with van der Waals surface area (Å²) in [6.07, 6.45) is 4.46. The van der Waals surface area contributed by atoms with Gasteiger partial charge in [0.05, 0.1) is 5.69 Å². The van der Waals surface area contributed by atoms with Crippen molar-refractivity contribution in [1.82, 2.24) is 0 Å². The highest BCUT2D eigenvalue weighted by molar-refractivity contribution is 6.14. The number of benzene rings is 8. The molecule has 1 heteroatoms. The zero-order valence-electron chi connectivity index (χ0n) is 25.8. The molecule has 0 saturated heterocycles. The van der Waals surface area contributed by atoms with E-state index in [-0.39, 0.29) is 0 Å². The second kappa shape index (κ2) is 11.3. The molecule has 0 fully saturated rings. The second-order valence-corrected chi connectivity index (χ2v) is 12.1. The zero-order valence-corrected chi connectivity index (χ0v) is 25.8. The van der Waals surface area contributed by atoms with E-state index in [1.165, 1.54) is 66.1 Å². The first-order valence-electron chi connectivity index (χ1n) is 16.2. The van der Waals surface area contributed by atoms with Crippen molar-refractivity contribution in [1.29, 1.82) is 0 Å². The molecule has 0 spiro atoms. The molecule has 1 aliphatic carbocycles. The lowest BCUT2D eigenvalue weighted by Gasteiger charge is -2.28. The zero-order chi connectivity index (χ0) is 31.2. The van der Waals surface area contributed by atoms with Crippen LogP contribution in [0, 0.1) is 0 Å². The Morgan fingerprint density at radius 3 is 1.38 bits per heavy atom. The topological polar surface area (TPSA) is 3.24 Å². The fourth-order valence-corrected chi connectivity index (χ4v) is 7.16. The van der Waals surface area contributed by atoms with E-state index in [9.17, 15) is 0 Å². The molecule has 8 aromatic rings. The number of hydrogen-bond donors (Lipinski definition) is 0. The van der Waals surface area contributed by atoms with Gasteiger partial charge in [0.1, 0.15) is 0 Å². The van der Waals surface area contributed by atoms with Crippen LogP contribution in [0.3, 0.4) is 0 Å². The SMILES string of the molecule is C1=Cc2ccc(-c3ccc(N(c4ccc(-c5ccccc5)cc4)c4ccc(-c5ccccc5)cc4)c4ccccc34)c3cccc1c23. The van der Waals surface area contributed by atoms with Gasteiger partial charge in [0.15, 0.2) is 0 Å². The first-order chi connectivity index (χ1) is 23.3. The van der Waals surface area contributed by atoms with Gasteiger partial charge in [-0.3, -0.25) is 0 Å². The molecule has 8 aromatic carbocycles. The standard InChI is InChI=1S/C46H31N/c1-3-10-32(11-4-1)34-20-25-38(26-21-34)47(39-27-22-35(23-28-39)33-12-5-2-6-13-33)45-31-30-41(40-15-7-8-16-43(40)45)42-29-24-37-19-18-36-14-9-17-44(42)46(36)37/h1-31H. The molecule has 0 aromatic heterocycles. The third-order valence-corrected chi connectivity index (χ3v) is 9.44. The smallest absolute Gasteiger partial charge is 0.0540 e. The maximum absolute atomic E-state index is 2.40. The van der Waals surface area contributed by atoms with E-state index >= 15 is 0 Å². The molecule has 0 N–H and O–H groups in total. The van der Waals surface area contributed by atoms with E-state index in [0.29, 0.717) is 0 Å². The Hall–Kier alpha value is -6.18. The van der Waals surface area contributed by atoms with Crippen molar-refractivity contribution >= 4 is 50.8 Å². The molecule has 9 rings (SSSR count). The molecule has 0 unspecified atom stereocenters. The van der Waals surface area contributed by atoms with Crippen LogP contribution in [0.5, 0.6) is 0 Å². The Bertz CT molecular complexity index is 2330. The van der Waals surface area contributed by atoms with Crippen LogP contribution >= 0.6 is 0 Å². The van der Waals surface area contributed by atoms with E-state index in [4.69, 9.17) is 0 Å². The van der Waals surface area contributed by atoms with Gasteiger partial charge < -0.3 is 4.90 Å². The Balaban J connectivity index is 1.22. The van der Waals surface area contributed by atoms with Crippen LogP contribution in [0.4, 0.5) is 17.1 Å². The average Bonchev–Trinajstić information content (AvgIpc) is 3.58. The lowest BCUT2D eigenvalue weighted by Crippen LogP contribution is -2.10. The normalized spacial score (nSPS) is 11.7. The number of fused-ring (bicyclic) bond motifs is 1. The van der Waals surface area contributed by atoms with Crippen molar-refractivity contribution in [2.45, 2.75) is 0 Å². The summed E-state index contributed by atoms with van der Waals surface area (Å²) in [4.78, 5) is 2.40. The summed E-state index contributed by atoms with van der Waals surface area (Å²) in [5.41, 5.74) is 13.3. The molecule has 220 valence electrons. The highest BCUT2D eigenvalue weighted by Crippen LogP contribution is 2.45. The van der Waals surface area contributed by atoms with Crippen LogP contribution in [-0.4, -0.2) is 0 Å². The molecule has 0 aliphatic heterocycles. The van der Waals surface area contributed by atoms with Crippen LogP contribution in [0.15, 0.2) is 176 Å². The molecule has 0 heterocycles. The number of hydrogen-bond acceptors (Lipinski definition) is 1. The van der Waals surface area contributed by atoms with E-state index in [0.717, 1.165) is 17.1 Å². The number of rotatable bonds is 6. The van der Waals surface area contributed by atoms with Crippen LogP contribution in [-0.2, 0) is 0 Å². The highest BCUT2D eigenvalue weighted by Gasteiger charge is 2.19. The maximum atomic E-state index is 2.40. The Kier molecular flexibility index (Phi) is 6.54. The quantitative estimate of drug-likeness (QED) is 0.184. The molecule has 0 amide bonds. The summed E-state index contributed by atoms with van der Waals surface area (Å²) in [5, 5.41) is 5.10. The van der Waals surface area contributed by atoms with Gasteiger partial charge in [-0.2, -0.15) is 0 Å². The molecular weight excluding hydrogens is 567 g/mol. The minimum atomic E-state index is 1.12. The summed E-state index contributed by atoms with van der Waals surface area (Å²) in [6, 6.07) is 63.7. The summed E-state index contributed by atoms with van der Waals surface area (Å²) >= 11 is 0. The Labute approximate surface area is 275 Å². The molecule has 1 nitrogen and oxygen atoms in total. The van der Waals surface area contributed by atoms with Gasteiger partial charge in [-0.25, -0.2) is 0 Å². The third kappa shape index (κ3) is 4.72. The molecule has 0 saturated carbocycles. The van der Waals surface area contributed by atoms with E-state index in [1.54, 1.807) is 0 Å². The van der Waals surface area contributed by atoms with Gasteiger partial charge in [0, 0.05) is 16.8 Å². The van der Waals surface area contributed by atoms with Crippen LogP contribution < -0.4 is 4.90 Å². The molecule has 0 atom stereocenters. The van der Waals surface area contributed by atoms with Crippen LogP contribution in [0.25, 0.3) is 67.1 Å². The minimum Gasteiger partial charge on any atom is -0.310 e. The van der Waals surface area contributed by atoms with Gasteiger partial charge in [-0.05, 0) is 91.0 Å². The van der Waals surface area contributed by atoms with Crippen LogP contribution in [0.1, 0.15) is 11.1 Å². The summed E-state index contributed by atoms with van der Waals surface area (Å²) in [6.45, 7) is 0. The van der Waals surface area contributed by atoms with E-state index in [1.807, 2.05) is 0 Å². The lowest BCUT2D eigenvalue weighted by molar-refractivity contribution is 1.30. The molecular formula is C46H31N. The first-order valence-corrected chi connectivity index (χ1v) is 16.2. The maximum Gasteiger partial charge on any atom is 0.0540 e. The molecule has 0 radical (unpaired) electrons. The van der Waals surface area contributed by atoms with E-state index < -0.39 is 0 Å². The monoisotopic (exact) mass is 597 g/mol. The number of nitrogens with zero attached hydrogens (tertiary/aromatic N) is 1. The summed E-state index contributed by atoms with van der Waals surface area (Å²) < 4.78 is 0. The fourth-order valence-electron chi connectivity index (χ4n) is 7.16. The lowest BCUT2D eigenvalue weighted by atomic mass is 9.91. The van der Waals surface area contributed by atoms with Crippen molar-refractivity contribution in [2.24, 2.45) is 0 Å². The van der Waals surface area contributed by atoms with Gasteiger partial charge in [-0.15, -0.1) is 0 Å². The molecule has 0 bridgehead atoms. The van der Waals surface area contributed by atoms with Crippen LogP contribution in [0.2, 0.25) is 0 Å². The highest BCUT2D eigenvalue weighted by atomic mass is 15.1. The van der Waals surface area contributed by atoms with Gasteiger partial charge >= 0.3 is 0 Å². The minimum absolute atomic E-state index is 1.12. The van der Waals surface area contributed by atoms with Crippen molar-refractivity contribution in [2.75, 3.05) is 4.90 Å². The predicted molar refractivity (Wildman–Crippen MR) is 201 cm³/mol. The van der Waals surface area contributed by atoms with Gasteiger partial charge in [0.2, 0.25) is 0 Å². The average molecular weight is 598 g/mol. The fraction of sp³-hybridized carbons (Fsp3) is 0. The van der Waals surface area contributed by atoms with Crippen molar-refractivity contribution in [3.63, 3.8) is 0 Å². The third-order valence-electron chi connectivity index (χ3n) is 9.44. The number of anilines is 3. The largest absolute Gasteiger partial charge is 0.310 e. The van der Waals surface area contributed by atoms with Crippen molar-refractivity contribution < 1.29 is 0 Å². The summed E-state index contributed by atoms with van der Waals surface area (Å²) in [7, 11) is 0. The Morgan fingerprint density at radius 1 is 0.298 bits per heavy atom. The molecule has 47 heavy (non-hydrogen) atoms. The van der Waals surface area contributed by atoms with Gasteiger partial charge in [-0.1, -0.05) is 158 Å². The van der Waals surface area contributed by atoms with Crippen molar-refractivity contribution in [3.05, 3.63) is 187 Å².